The predicted molar refractivity (Wildman–Crippen MR) is 143 cm³/mol. The highest BCUT2D eigenvalue weighted by Crippen LogP contribution is 2.33. The van der Waals surface area contributed by atoms with E-state index in [0.29, 0.717) is 34.6 Å². The van der Waals surface area contributed by atoms with Crippen LogP contribution in [0, 0.1) is 0 Å². The van der Waals surface area contributed by atoms with Crippen molar-refractivity contribution < 1.29 is 19.4 Å². The lowest BCUT2D eigenvalue weighted by Gasteiger charge is -2.11. The SMILES string of the molecule is CCOc1ccc(-n2cc(NC(=O)Nc3ccc(C(=O)O)cc3)c3c4ccccc4n(C)c(=O)c32)cc1. The van der Waals surface area contributed by atoms with Gasteiger partial charge in [-0.15, -0.1) is 0 Å². The van der Waals surface area contributed by atoms with Gasteiger partial charge in [-0.1, -0.05) is 18.2 Å². The summed E-state index contributed by atoms with van der Waals surface area (Å²) in [5.41, 5.74) is 2.69. The number of aromatic carboxylic acids is 1. The number of carbonyl (C=O) groups excluding carboxylic acids is 1. The number of fused-ring (bicyclic) bond motifs is 3. The second-order valence-corrected chi connectivity index (χ2v) is 8.41. The van der Waals surface area contributed by atoms with Gasteiger partial charge in [-0.25, -0.2) is 9.59 Å². The summed E-state index contributed by atoms with van der Waals surface area (Å²) in [4.78, 5) is 37.6. The zero-order valence-corrected chi connectivity index (χ0v) is 20.2. The largest absolute Gasteiger partial charge is 0.494 e. The van der Waals surface area contributed by atoms with Gasteiger partial charge >= 0.3 is 12.0 Å². The maximum atomic E-state index is 13.5. The third-order valence-electron chi connectivity index (χ3n) is 6.11. The third kappa shape index (κ3) is 4.38. The van der Waals surface area contributed by atoms with E-state index in [2.05, 4.69) is 10.6 Å². The number of ether oxygens (including phenoxy) is 1. The number of hydrogen-bond acceptors (Lipinski definition) is 4. The zero-order chi connectivity index (χ0) is 26.1. The quantitative estimate of drug-likeness (QED) is 0.298. The minimum Gasteiger partial charge on any atom is -0.494 e. The highest BCUT2D eigenvalue weighted by atomic mass is 16.5. The number of benzene rings is 3. The Morgan fingerprint density at radius 1 is 0.946 bits per heavy atom. The number of pyridine rings is 1. The fourth-order valence-electron chi connectivity index (χ4n) is 4.38. The molecule has 37 heavy (non-hydrogen) atoms. The number of anilines is 2. The molecule has 0 saturated heterocycles. The molecular weight excluding hydrogens is 472 g/mol. The van der Waals surface area contributed by atoms with Gasteiger partial charge in [0.05, 0.1) is 23.4 Å². The van der Waals surface area contributed by atoms with Crippen LogP contribution in [0.25, 0.3) is 27.5 Å². The Balaban J connectivity index is 1.61. The van der Waals surface area contributed by atoms with Gasteiger partial charge in [0.2, 0.25) is 0 Å². The van der Waals surface area contributed by atoms with E-state index in [4.69, 9.17) is 9.84 Å². The van der Waals surface area contributed by atoms with E-state index in [9.17, 15) is 14.4 Å². The molecule has 9 nitrogen and oxygen atoms in total. The fourth-order valence-corrected chi connectivity index (χ4v) is 4.38. The van der Waals surface area contributed by atoms with Crippen molar-refractivity contribution in [3.8, 4) is 11.4 Å². The Morgan fingerprint density at radius 2 is 1.65 bits per heavy atom. The van der Waals surface area contributed by atoms with E-state index in [-0.39, 0.29) is 11.1 Å². The molecule has 0 aliphatic heterocycles. The first-order valence-electron chi connectivity index (χ1n) is 11.6. The van der Waals surface area contributed by atoms with Crippen LogP contribution in [0.3, 0.4) is 0 Å². The average Bonchev–Trinajstić information content (AvgIpc) is 3.27. The molecule has 5 aromatic rings. The lowest BCUT2D eigenvalue weighted by atomic mass is 10.1. The van der Waals surface area contributed by atoms with Crippen molar-refractivity contribution in [1.29, 1.82) is 0 Å². The van der Waals surface area contributed by atoms with Crippen LogP contribution in [-0.2, 0) is 7.05 Å². The second-order valence-electron chi connectivity index (χ2n) is 8.41. The first-order chi connectivity index (χ1) is 17.9. The Morgan fingerprint density at radius 3 is 2.32 bits per heavy atom. The number of hydrogen-bond donors (Lipinski definition) is 3. The first kappa shape index (κ1) is 23.7. The fraction of sp³-hybridized carbons (Fsp3) is 0.107. The summed E-state index contributed by atoms with van der Waals surface area (Å²) in [5, 5.41) is 16.1. The first-order valence-corrected chi connectivity index (χ1v) is 11.6. The number of rotatable bonds is 6. The molecule has 0 unspecified atom stereocenters. The average molecular weight is 497 g/mol. The molecular formula is C28H24N4O5. The van der Waals surface area contributed by atoms with E-state index in [1.54, 1.807) is 22.4 Å². The van der Waals surface area contributed by atoms with Gasteiger partial charge < -0.3 is 29.6 Å². The number of aromatic nitrogens is 2. The van der Waals surface area contributed by atoms with Crippen molar-refractivity contribution in [2.75, 3.05) is 17.2 Å². The number of para-hydroxylation sites is 1. The number of nitrogens with one attached hydrogen (secondary N) is 2. The molecule has 2 amide bonds. The van der Waals surface area contributed by atoms with Crippen LogP contribution in [-0.4, -0.2) is 32.8 Å². The van der Waals surface area contributed by atoms with E-state index < -0.39 is 12.0 Å². The summed E-state index contributed by atoms with van der Waals surface area (Å²) in [7, 11) is 1.72. The molecule has 0 bridgehead atoms. The third-order valence-corrected chi connectivity index (χ3v) is 6.11. The van der Waals surface area contributed by atoms with Gasteiger partial charge in [0.25, 0.3) is 5.56 Å². The standard InChI is InChI=1S/C28H24N4O5/c1-3-37-20-14-12-19(13-15-20)32-16-22(30-28(36)29-18-10-8-17(9-11-18)27(34)35)24-21-6-4-5-7-23(21)31(2)26(33)25(24)32/h4-16H,3H2,1-2H3,(H,34,35)(H2,29,30,36). The molecule has 0 saturated carbocycles. The number of urea groups is 1. The van der Waals surface area contributed by atoms with E-state index in [1.165, 1.54) is 24.3 Å². The lowest BCUT2D eigenvalue weighted by Crippen LogP contribution is -2.20. The van der Waals surface area contributed by atoms with E-state index in [0.717, 1.165) is 16.6 Å². The molecule has 2 heterocycles. The van der Waals surface area contributed by atoms with Gasteiger partial charge in [0.1, 0.15) is 11.3 Å². The summed E-state index contributed by atoms with van der Waals surface area (Å²) >= 11 is 0. The van der Waals surface area contributed by atoms with E-state index in [1.807, 2.05) is 55.5 Å². The van der Waals surface area contributed by atoms with Crippen LogP contribution in [0.4, 0.5) is 16.2 Å². The van der Waals surface area contributed by atoms with Crippen LogP contribution < -0.4 is 20.9 Å². The maximum Gasteiger partial charge on any atom is 0.335 e. The molecule has 9 heteroatoms. The van der Waals surface area contributed by atoms with Crippen molar-refractivity contribution in [3.05, 3.63) is 94.9 Å². The zero-order valence-electron chi connectivity index (χ0n) is 20.2. The smallest absolute Gasteiger partial charge is 0.335 e. The number of nitrogens with zero attached hydrogens (tertiary/aromatic N) is 2. The highest BCUT2D eigenvalue weighted by molar-refractivity contribution is 6.16. The minimum absolute atomic E-state index is 0.117. The molecule has 0 fully saturated rings. The Hall–Kier alpha value is -5.05. The van der Waals surface area contributed by atoms with Crippen LogP contribution >= 0.6 is 0 Å². The molecule has 3 N–H and O–H groups in total. The number of carboxylic acids is 1. The number of amides is 2. The van der Waals surface area contributed by atoms with Crippen molar-refractivity contribution in [3.63, 3.8) is 0 Å². The van der Waals surface area contributed by atoms with Gasteiger partial charge in [0.15, 0.2) is 0 Å². The van der Waals surface area contributed by atoms with Crippen LogP contribution in [0.15, 0.2) is 83.8 Å². The monoisotopic (exact) mass is 496 g/mol. The van der Waals surface area contributed by atoms with Crippen LogP contribution in [0.2, 0.25) is 0 Å². The summed E-state index contributed by atoms with van der Waals surface area (Å²) < 4.78 is 8.90. The molecule has 0 radical (unpaired) electrons. The van der Waals surface area contributed by atoms with Crippen molar-refractivity contribution in [2.45, 2.75) is 6.92 Å². The summed E-state index contributed by atoms with van der Waals surface area (Å²) in [6.07, 6.45) is 1.72. The van der Waals surface area contributed by atoms with Gasteiger partial charge in [-0.3, -0.25) is 4.79 Å². The Bertz CT molecular complexity index is 1700. The number of carbonyl (C=O) groups is 2. The second kappa shape index (κ2) is 9.54. The van der Waals surface area contributed by atoms with Crippen LogP contribution in [0.5, 0.6) is 5.75 Å². The molecule has 5 rings (SSSR count). The van der Waals surface area contributed by atoms with Crippen LogP contribution in [0.1, 0.15) is 17.3 Å². The predicted octanol–water partition coefficient (Wildman–Crippen LogP) is 5.22. The number of aryl methyl sites for hydroxylation is 1. The van der Waals surface area contributed by atoms with E-state index >= 15 is 0 Å². The van der Waals surface area contributed by atoms with Crippen molar-refractivity contribution >= 4 is 45.2 Å². The van der Waals surface area contributed by atoms with Gasteiger partial charge in [0, 0.05) is 35.4 Å². The maximum absolute atomic E-state index is 13.5. The Kier molecular flexibility index (Phi) is 6.10. The molecule has 0 aliphatic rings. The molecule has 2 aromatic heterocycles. The summed E-state index contributed by atoms with van der Waals surface area (Å²) in [6, 6.07) is 20.2. The topological polar surface area (TPSA) is 115 Å². The molecule has 0 aliphatic carbocycles. The Labute approximate surface area is 211 Å². The lowest BCUT2D eigenvalue weighted by molar-refractivity contribution is 0.0697. The van der Waals surface area contributed by atoms with Gasteiger partial charge in [-0.2, -0.15) is 0 Å². The van der Waals surface area contributed by atoms with Crippen molar-refractivity contribution in [2.24, 2.45) is 7.05 Å². The molecule has 3 aromatic carbocycles. The normalized spacial score (nSPS) is 11.0. The minimum atomic E-state index is -1.05. The molecule has 0 atom stereocenters. The summed E-state index contributed by atoms with van der Waals surface area (Å²) in [6.45, 7) is 2.45. The number of carboxylic acid groups (broad SMARTS) is 1. The summed E-state index contributed by atoms with van der Waals surface area (Å²) in [5.74, 6) is -0.334. The highest BCUT2D eigenvalue weighted by Gasteiger charge is 2.20. The van der Waals surface area contributed by atoms with Crippen molar-refractivity contribution in [1.82, 2.24) is 9.13 Å². The molecule has 0 spiro atoms. The molecule has 186 valence electrons. The van der Waals surface area contributed by atoms with Gasteiger partial charge in [-0.05, 0) is 61.5 Å².